The minimum absolute atomic E-state index is 0.00124. The lowest BCUT2D eigenvalue weighted by Gasteiger charge is -2.26. The highest BCUT2D eigenvalue weighted by Gasteiger charge is 2.47. The van der Waals surface area contributed by atoms with Crippen molar-refractivity contribution in [3.8, 4) is 5.75 Å². The van der Waals surface area contributed by atoms with E-state index in [4.69, 9.17) is 4.74 Å². The highest BCUT2D eigenvalue weighted by molar-refractivity contribution is 6.51. The first kappa shape index (κ1) is 24.2. The lowest BCUT2D eigenvalue weighted by Crippen LogP contribution is -2.29. The van der Waals surface area contributed by atoms with E-state index in [0.717, 1.165) is 27.8 Å². The molecule has 1 unspecified atom stereocenters. The zero-order valence-corrected chi connectivity index (χ0v) is 20.1. The van der Waals surface area contributed by atoms with Crippen LogP contribution in [0.1, 0.15) is 31.0 Å². The van der Waals surface area contributed by atoms with Crippen molar-refractivity contribution in [1.82, 2.24) is 0 Å². The molecule has 0 aromatic heterocycles. The fourth-order valence-electron chi connectivity index (χ4n) is 4.64. The molecule has 5 nitrogen and oxygen atoms in total. The molecule has 0 radical (unpaired) electrons. The number of Topliss-reactive ketones (excluding diaryl/α,β-unsaturated/α-hetero) is 1. The largest absolute Gasteiger partial charge is 0.507 e. The van der Waals surface area contributed by atoms with Crippen molar-refractivity contribution < 1.29 is 28.2 Å². The van der Waals surface area contributed by atoms with Gasteiger partial charge in [0.2, 0.25) is 0 Å². The van der Waals surface area contributed by atoms with Crippen LogP contribution in [0.15, 0.2) is 90.5 Å². The number of aliphatic hydroxyl groups is 1. The Balaban J connectivity index is 1.73. The van der Waals surface area contributed by atoms with Gasteiger partial charge in [-0.15, -0.1) is 0 Å². The Bertz CT molecular complexity index is 1550. The smallest absolute Gasteiger partial charge is 0.300 e. The first-order chi connectivity index (χ1) is 17.8. The molecule has 0 aliphatic carbocycles. The van der Waals surface area contributed by atoms with Crippen LogP contribution >= 0.6 is 0 Å². The molecule has 0 bridgehead atoms. The summed E-state index contributed by atoms with van der Waals surface area (Å²) in [5, 5.41) is 13.0. The molecule has 186 valence electrons. The molecule has 0 spiro atoms. The number of ether oxygens (including phenoxy) is 1. The number of carbonyl (C=O) groups is 2. The summed E-state index contributed by atoms with van der Waals surface area (Å²) >= 11 is 0. The van der Waals surface area contributed by atoms with Gasteiger partial charge in [-0.05, 0) is 66.6 Å². The number of ketones is 1. The van der Waals surface area contributed by atoms with Gasteiger partial charge < -0.3 is 9.84 Å². The van der Waals surface area contributed by atoms with Crippen LogP contribution in [-0.4, -0.2) is 22.9 Å². The van der Waals surface area contributed by atoms with Crippen molar-refractivity contribution in [2.75, 3.05) is 4.90 Å². The van der Waals surface area contributed by atoms with E-state index in [-0.39, 0.29) is 23.1 Å². The third-order valence-electron chi connectivity index (χ3n) is 6.24. The molecule has 1 saturated heterocycles. The fraction of sp³-hybridized carbons (Fsp3) is 0.133. The molecule has 4 aromatic rings. The van der Waals surface area contributed by atoms with E-state index in [1.807, 2.05) is 44.2 Å². The second-order valence-corrected chi connectivity index (χ2v) is 9.03. The number of hydrogen-bond acceptors (Lipinski definition) is 4. The predicted octanol–water partition coefficient (Wildman–Crippen LogP) is 6.53. The Kier molecular flexibility index (Phi) is 6.21. The van der Waals surface area contributed by atoms with Gasteiger partial charge in [0.25, 0.3) is 11.7 Å². The van der Waals surface area contributed by atoms with Gasteiger partial charge in [-0.3, -0.25) is 14.5 Å². The van der Waals surface area contributed by atoms with Gasteiger partial charge >= 0.3 is 0 Å². The van der Waals surface area contributed by atoms with Gasteiger partial charge in [0.15, 0.2) is 11.6 Å². The first-order valence-electron chi connectivity index (χ1n) is 11.8. The van der Waals surface area contributed by atoms with Crippen LogP contribution in [0.5, 0.6) is 5.75 Å². The number of rotatable bonds is 5. The van der Waals surface area contributed by atoms with E-state index in [2.05, 4.69) is 0 Å². The maximum absolute atomic E-state index is 14.2. The Hall–Kier alpha value is -4.52. The molecular weight excluding hydrogens is 476 g/mol. The Labute approximate surface area is 212 Å². The number of halogens is 2. The summed E-state index contributed by atoms with van der Waals surface area (Å²) < 4.78 is 33.6. The molecular formula is C30H23F2NO4. The predicted molar refractivity (Wildman–Crippen MR) is 137 cm³/mol. The summed E-state index contributed by atoms with van der Waals surface area (Å²) in [4.78, 5) is 27.8. The fourth-order valence-corrected chi connectivity index (χ4v) is 4.64. The Morgan fingerprint density at radius 3 is 2.30 bits per heavy atom. The van der Waals surface area contributed by atoms with Crippen molar-refractivity contribution in [3.05, 3.63) is 113 Å². The van der Waals surface area contributed by atoms with Gasteiger partial charge in [-0.25, -0.2) is 8.78 Å². The number of aliphatic hydroxyl groups excluding tert-OH is 1. The maximum atomic E-state index is 14.2. The molecule has 37 heavy (non-hydrogen) atoms. The summed E-state index contributed by atoms with van der Waals surface area (Å²) in [5.74, 6) is -3.91. The highest BCUT2D eigenvalue weighted by Crippen LogP contribution is 2.44. The summed E-state index contributed by atoms with van der Waals surface area (Å²) in [6.07, 6.45) is -0.0489. The van der Waals surface area contributed by atoms with Crippen LogP contribution in [0.4, 0.5) is 14.5 Å². The minimum atomic E-state index is -1.16. The van der Waals surface area contributed by atoms with Crippen LogP contribution in [0.25, 0.3) is 16.5 Å². The highest BCUT2D eigenvalue weighted by atomic mass is 19.2. The quantitative estimate of drug-likeness (QED) is 0.193. The number of carbonyl (C=O) groups excluding carboxylic acids is 2. The zero-order chi connectivity index (χ0) is 26.3. The van der Waals surface area contributed by atoms with E-state index >= 15 is 0 Å². The molecule has 5 rings (SSSR count). The normalized spacial score (nSPS) is 17.1. The van der Waals surface area contributed by atoms with Crippen LogP contribution in [0.3, 0.4) is 0 Å². The van der Waals surface area contributed by atoms with E-state index in [9.17, 15) is 23.5 Å². The van der Waals surface area contributed by atoms with Gasteiger partial charge in [-0.2, -0.15) is 0 Å². The monoisotopic (exact) mass is 499 g/mol. The number of hydrogen-bond donors (Lipinski definition) is 1. The number of nitrogens with zero attached hydrogens (tertiary/aromatic N) is 1. The standard InChI is InChI=1S/C30H23F2NO4/c1-17(2)37-21-13-10-19(11-14-21)28(34)26-27(23-9-5-7-18-6-3-4-8-22(18)23)33(30(36)29(26)35)20-12-15-24(31)25(32)16-20/h3-17,27,34H,1-2H3/b28-26-. The average Bonchev–Trinajstić information content (AvgIpc) is 3.15. The number of benzene rings is 4. The average molecular weight is 500 g/mol. The van der Waals surface area contributed by atoms with Crippen LogP contribution in [0.2, 0.25) is 0 Å². The third kappa shape index (κ3) is 4.33. The molecule has 4 aromatic carbocycles. The third-order valence-corrected chi connectivity index (χ3v) is 6.24. The van der Waals surface area contributed by atoms with Gasteiger partial charge in [-0.1, -0.05) is 42.5 Å². The molecule has 1 amide bonds. The number of anilines is 1. The zero-order valence-electron chi connectivity index (χ0n) is 20.1. The van der Waals surface area contributed by atoms with Crippen molar-refractivity contribution in [2.24, 2.45) is 0 Å². The summed E-state index contributed by atoms with van der Waals surface area (Å²) in [7, 11) is 0. The van der Waals surface area contributed by atoms with E-state index in [0.29, 0.717) is 16.9 Å². The Morgan fingerprint density at radius 2 is 1.59 bits per heavy atom. The van der Waals surface area contributed by atoms with E-state index in [1.165, 1.54) is 6.07 Å². The summed E-state index contributed by atoms with van der Waals surface area (Å²) in [6, 6.07) is 21.3. The summed E-state index contributed by atoms with van der Waals surface area (Å²) in [5.41, 5.74) is 0.718. The molecule has 7 heteroatoms. The van der Waals surface area contributed by atoms with Crippen LogP contribution < -0.4 is 9.64 Å². The van der Waals surface area contributed by atoms with Gasteiger partial charge in [0.05, 0.1) is 17.7 Å². The molecule has 1 atom stereocenters. The maximum Gasteiger partial charge on any atom is 0.300 e. The summed E-state index contributed by atoms with van der Waals surface area (Å²) in [6.45, 7) is 3.77. The van der Waals surface area contributed by atoms with Gasteiger partial charge in [0, 0.05) is 17.3 Å². The van der Waals surface area contributed by atoms with Crippen molar-refractivity contribution in [3.63, 3.8) is 0 Å². The molecule has 0 saturated carbocycles. The molecule has 1 aliphatic heterocycles. The molecule has 1 heterocycles. The van der Waals surface area contributed by atoms with Gasteiger partial charge in [0.1, 0.15) is 11.5 Å². The van der Waals surface area contributed by atoms with Crippen molar-refractivity contribution in [2.45, 2.75) is 26.0 Å². The number of amides is 1. The SMILES string of the molecule is CC(C)Oc1ccc(/C(O)=C2/C(=O)C(=O)N(c3ccc(F)c(F)c3)C2c2cccc3ccccc23)cc1. The van der Waals surface area contributed by atoms with Crippen LogP contribution in [-0.2, 0) is 9.59 Å². The van der Waals surface area contributed by atoms with Crippen molar-refractivity contribution >= 4 is 33.9 Å². The van der Waals surface area contributed by atoms with E-state index < -0.39 is 29.4 Å². The Morgan fingerprint density at radius 1 is 0.892 bits per heavy atom. The topological polar surface area (TPSA) is 66.8 Å². The lowest BCUT2D eigenvalue weighted by atomic mass is 9.91. The van der Waals surface area contributed by atoms with Crippen molar-refractivity contribution in [1.29, 1.82) is 0 Å². The van der Waals surface area contributed by atoms with Crippen LogP contribution in [0, 0.1) is 11.6 Å². The lowest BCUT2D eigenvalue weighted by molar-refractivity contribution is -0.132. The second-order valence-electron chi connectivity index (χ2n) is 9.03. The molecule has 1 fully saturated rings. The first-order valence-corrected chi connectivity index (χ1v) is 11.8. The molecule has 1 N–H and O–H groups in total. The van der Waals surface area contributed by atoms with E-state index in [1.54, 1.807) is 36.4 Å². The minimum Gasteiger partial charge on any atom is -0.507 e. The molecule has 1 aliphatic rings. The second kappa shape index (κ2) is 9.50. The number of fused-ring (bicyclic) bond motifs is 1.